The van der Waals surface area contributed by atoms with Gasteiger partial charge in [-0.15, -0.1) is 0 Å². The summed E-state index contributed by atoms with van der Waals surface area (Å²) in [7, 11) is 0. The molecule has 0 unspecified atom stereocenters. The van der Waals surface area contributed by atoms with Crippen LogP contribution in [0.15, 0.2) is 39.2 Å². The van der Waals surface area contributed by atoms with E-state index in [4.69, 9.17) is 14.3 Å². The summed E-state index contributed by atoms with van der Waals surface area (Å²) in [6.07, 6.45) is 0. The van der Waals surface area contributed by atoms with Crippen LogP contribution in [0.1, 0.15) is 10.6 Å². The van der Waals surface area contributed by atoms with Gasteiger partial charge in [-0.1, -0.05) is 0 Å². The molecule has 6 heteroatoms. The third-order valence-electron chi connectivity index (χ3n) is 1.90. The molecule has 0 fully saturated rings. The Bertz CT molecular complexity index is 564. The molecule has 0 aliphatic carbocycles. The summed E-state index contributed by atoms with van der Waals surface area (Å²) in [6, 6.07) is 6.77. The third kappa shape index (κ3) is 2.65. The van der Waals surface area contributed by atoms with Gasteiger partial charge < -0.3 is 14.3 Å². The largest absolute Gasteiger partial charge is 0.475 e. The Morgan fingerprint density at radius 3 is 2.71 bits per heavy atom. The van der Waals surface area contributed by atoms with Crippen LogP contribution in [-0.4, -0.2) is 11.1 Å². The van der Waals surface area contributed by atoms with Gasteiger partial charge in [-0.3, -0.25) is 0 Å². The minimum atomic E-state index is -1.19. The van der Waals surface area contributed by atoms with Crippen molar-refractivity contribution in [3.63, 3.8) is 0 Å². The lowest BCUT2D eigenvalue weighted by molar-refractivity contribution is 0.0657. The van der Waals surface area contributed by atoms with Crippen molar-refractivity contribution in [1.82, 2.24) is 0 Å². The van der Waals surface area contributed by atoms with E-state index in [1.165, 1.54) is 24.3 Å². The SMILES string of the molecule is O=C(O)c1ccc(Oc2ccc(Br)c(F)c2)o1. The fourth-order valence-electron chi connectivity index (χ4n) is 1.15. The lowest BCUT2D eigenvalue weighted by atomic mass is 10.3. The van der Waals surface area contributed by atoms with E-state index in [0.29, 0.717) is 4.47 Å². The van der Waals surface area contributed by atoms with E-state index in [1.807, 2.05) is 0 Å². The number of aromatic carboxylic acids is 1. The van der Waals surface area contributed by atoms with Crippen LogP contribution < -0.4 is 4.74 Å². The minimum absolute atomic E-state index is 0.0101. The number of hydrogen-bond acceptors (Lipinski definition) is 3. The number of rotatable bonds is 3. The first kappa shape index (κ1) is 11.7. The van der Waals surface area contributed by atoms with Gasteiger partial charge in [0, 0.05) is 12.1 Å². The third-order valence-corrected chi connectivity index (χ3v) is 2.54. The topological polar surface area (TPSA) is 59.7 Å². The molecule has 1 aromatic carbocycles. The molecule has 2 aromatic rings. The Balaban J connectivity index is 2.19. The Kier molecular flexibility index (Phi) is 3.14. The highest BCUT2D eigenvalue weighted by molar-refractivity contribution is 9.10. The average molecular weight is 301 g/mol. The Morgan fingerprint density at radius 1 is 1.35 bits per heavy atom. The van der Waals surface area contributed by atoms with Gasteiger partial charge in [0.2, 0.25) is 5.76 Å². The summed E-state index contributed by atoms with van der Waals surface area (Å²) in [5, 5.41) is 8.63. The maximum atomic E-state index is 13.2. The van der Waals surface area contributed by atoms with Crippen LogP contribution in [0.25, 0.3) is 0 Å². The van der Waals surface area contributed by atoms with Crippen LogP contribution >= 0.6 is 15.9 Å². The van der Waals surface area contributed by atoms with Gasteiger partial charge in [0.15, 0.2) is 0 Å². The van der Waals surface area contributed by atoms with Crippen LogP contribution in [0.2, 0.25) is 0 Å². The summed E-state index contributed by atoms with van der Waals surface area (Å²) >= 11 is 3.01. The molecule has 1 N–H and O–H groups in total. The van der Waals surface area contributed by atoms with Crippen molar-refractivity contribution < 1.29 is 23.4 Å². The first-order valence-corrected chi connectivity index (χ1v) is 5.31. The van der Waals surface area contributed by atoms with E-state index in [2.05, 4.69) is 15.9 Å². The predicted octanol–water partition coefficient (Wildman–Crippen LogP) is 3.67. The normalized spacial score (nSPS) is 10.2. The summed E-state index contributed by atoms with van der Waals surface area (Å²) < 4.78 is 23.5. The highest BCUT2D eigenvalue weighted by Gasteiger charge is 2.10. The number of carboxylic acids is 1. The molecular formula is C11H6BrFO4. The van der Waals surface area contributed by atoms with Crippen molar-refractivity contribution >= 4 is 21.9 Å². The summed E-state index contributed by atoms with van der Waals surface area (Å²) in [4.78, 5) is 10.5. The van der Waals surface area contributed by atoms with Crippen molar-refractivity contribution in [2.24, 2.45) is 0 Å². The maximum Gasteiger partial charge on any atom is 0.371 e. The number of ether oxygens (including phenoxy) is 1. The van der Waals surface area contributed by atoms with Crippen LogP contribution in [0.3, 0.4) is 0 Å². The first-order valence-electron chi connectivity index (χ1n) is 4.52. The number of benzene rings is 1. The van der Waals surface area contributed by atoms with Crippen LogP contribution in [0.5, 0.6) is 11.7 Å². The number of carboxylic acid groups (broad SMARTS) is 1. The highest BCUT2D eigenvalue weighted by atomic mass is 79.9. The second-order valence-corrected chi connectivity index (χ2v) is 3.96. The van der Waals surface area contributed by atoms with Gasteiger partial charge in [0.05, 0.1) is 4.47 Å². The molecule has 0 saturated carbocycles. The number of hydrogen-bond donors (Lipinski definition) is 1. The van der Waals surface area contributed by atoms with Crippen molar-refractivity contribution in [2.75, 3.05) is 0 Å². The molecule has 0 aliphatic rings. The van der Waals surface area contributed by atoms with Crippen LogP contribution in [-0.2, 0) is 0 Å². The zero-order valence-corrected chi connectivity index (χ0v) is 9.90. The second kappa shape index (κ2) is 4.58. The van der Waals surface area contributed by atoms with Gasteiger partial charge in [-0.05, 0) is 34.1 Å². The minimum Gasteiger partial charge on any atom is -0.475 e. The fourth-order valence-corrected chi connectivity index (χ4v) is 1.39. The molecule has 4 nitrogen and oxygen atoms in total. The monoisotopic (exact) mass is 300 g/mol. The number of halogens is 2. The Morgan fingerprint density at radius 2 is 2.12 bits per heavy atom. The lowest BCUT2D eigenvalue weighted by Gasteiger charge is -2.02. The lowest BCUT2D eigenvalue weighted by Crippen LogP contribution is -1.91. The number of carbonyl (C=O) groups is 1. The molecular weight excluding hydrogens is 295 g/mol. The van der Waals surface area contributed by atoms with E-state index in [-0.39, 0.29) is 17.5 Å². The van der Waals surface area contributed by atoms with Gasteiger partial charge >= 0.3 is 5.97 Å². The quantitative estimate of drug-likeness (QED) is 0.939. The molecule has 0 aliphatic heterocycles. The summed E-state index contributed by atoms with van der Waals surface area (Å²) in [5.41, 5.74) is 0. The van der Waals surface area contributed by atoms with E-state index in [9.17, 15) is 9.18 Å². The van der Waals surface area contributed by atoms with Crippen LogP contribution in [0.4, 0.5) is 4.39 Å². The molecule has 0 saturated heterocycles. The molecule has 0 atom stereocenters. The van der Waals surface area contributed by atoms with Gasteiger partial charge in [-0.2, -0.15) is 0 Å². The number of furan rings is 1. The molecule has 2 rings (SSSR count). The van der Waals surface area contributed by atoms with E-state index in [1.54, 1.807) is 0 Å². The molecule has 17 heavy (non-hydrogen) atoms. The van der Waals surface area contributed by atoms with Gasteiger partial charge in [-0.25, -0.2) is 9.18 Å². The van der Waals surface area contributed by atoms with Crippen molar-refractivity contribution in [2.45, 2.75) is 0 Å². The van der Waals surface area contributed by atoms with Crippen LogP contribution in [0, 0.1) is 5.82 Å². The summed E-state index contributed by atoms with van der Waals surface area (Å²) in [5.74, 6) is -1.70. The molecule has 0 amide bonds. The Labute approximate surface area is 104 Å². The van der Waals surface area contributed by atoms with Crippen molar-refractivity contribution in [1.29, 1.82) is 0 Å². The van der Waals surface area contributed by atoms with E-state index < -0.39 is 11.8 Å². The maximum absolute atomic E-state index is 13.2. The average Bonchev–Trinajstić information content (AvgIpc) is 2.72. The van der Waals surface area contributed by atoms with E-state index >= 15 is 0 Å². The highest BCUT2D eigenvalue weighted by Crippen LogP contribution is 2.26. The molecule has 0 spiro atoms. The molecule has 0 bridgehead atoms. The second-order valence-electron chi connectivity index (χ2n) is 3.10. The fraction of sp³-hybridized carbons (Fsp3) is 0. The molecule has 88 valence electrons. The van der Waals surface area contributed by atoms with Crippen molar-refractivity contribution in [3.05, 3.63) is 46.4 Å². The zero-order chi connectivity index (χ0) is 12.4. The summed E-state index contributed by atoms with van der Waals surface area (Å²) in [6.45, 7) is 0. The van der Waals surface area contributed by atoms with Gasteiger partial charge in [0.1, 0.15) is 11.6 Å². The van der Waals surface area contributed by atoms with Gasteiger partial charge in [0.25, 0.3) is 5.95 Å². The molecule has 0 radical (unpaired) electrons. The molecule has 1 heterocycles. The van der Waals surface area contributed by atoms with E-state index in [0.717, 1.165) is 6.07 Å². The smallest absolute Gasteiger partial charge is 0.371 e. The standard InChI is InChI=1S/C11H6BrFO4/c12-7-2-1-6(5-8(7)13)16-10-4-3-9(17-10)11(14)15/h1-5H,(H,14,15). The predicted molar refractivity (Wildman–Crippen MR) is 59.8 cm³/mol. The molecule has 1 aromatic heterocycles. The first-order chi connectivity index (χ1) is 8.06. The zero-order valence-electron chi connectivity index (χ0n) is 8.31. The Hall–Kier alpha value is -1.82. The van der Waals surface area contributed by atoms with Crippen molar-refractivity contribution in [3.8, 4) is 11.7 Å².